The number of carbonyl (C=O) groups is 1. The zero-order valence-electron chi connectivity index (χ0n) is 12.2. The number of carbonyl (C=O) groups excluding carboxylic acids is 1. The van der Waals surface area contributed by atoms with E-state index in [0.717, 1.165) is 18.5 Å². The van der Waals surface area contributed by atoms with Gasteiger partial charge in [-0.05, 0) is 42.7 Å². The highest BCUT2D eigenvalue weighted by Gasteiger charge is 2.39. The highest BCUT2D eigenvalue weighted by Crippen LogP contribution is 2.32. The third-order valence-electron chi connectivity index (χ3n) is 4.25. The number of hydrogen-bond donors (Lipinski definition) is 1. The van der Waals surface area contributed by atoms with Gasteiger partial charge in [-0.15, -0.1) is 0 Å². The number of amides is 1. The second-order valence-electron chi connectivity index (χ2n) is 5.71. The van der Waals surface area contributed by atoms with E-state index in [1.165, 1.54) is 30.7 Å². The molecule has 1 amide bonds. The first-order valence-electron chi connectivity index (χ1n) is 7.62. The molecular weight excluding hydrogens is 287 g/mol. The van der Waals surface area contributed by atoms with Crippen LogP contribution in [0.5, 0.6) is 0 Å². The second-order valence-corrected chi connectivity index (χ2v) is 7.12. The van der Waals surface area contributed by atoms with Crippen molar-refractivity contribution < 1.29 is 9.18 Å². The maximum Gasteiger partial charge on any atom is 0.241 e. The number of hydrogen-bond acceptors (Lipinski definition) is 3. The summed E-state index contributed by atoms with van der Waals surface area (Å²) in [7, 11) is 0. The van der Waals surface area contributed by atoms with Gasteiger partial charge in [0.1, 0.15) is 12.0 Å². The minimum absolute atomic E-state index is 0.148. The molecule has 21 heavy (non-hydrogen) atoms. The van der Waals surface area contributed by atoms with Crippen LogP contribution in [0.25, 0.3) is 0 Å². The van der Waals surface area contributed by atoms with Gasteiger partial charge >= 0.3 is 0 Å². The Labute approximate surface area is 129 Å². The molecule has 2 saturated heterocycles. The van der Waals surface area contributed by atoms with E-state index in [-0.39, 0.29) is 23.9 Å². The van der Waals surface area contributed by atoms with Crippen molar-refractivity contribution in [3.05, 3.63) is 35.6 Å². The second kappa shape index (κ2) is 6.36. The molecular formula is C16H21FN2OS. The van der Waals surface area contributed by atoms with Crippen LogP contribution in [-0.4, -0.2) is 34.4 Å². The van der Waals surface area contributed by atoms with Crippen molar-refractivity contribution in [3.8, 4) is 0 Å². The lowest BCUT2D eigenvalue weighted by Crippen LogP contribution is -2.35. The molecule has 1 N–H and O–H groups in total. The molecule has 3 unspecified atom stereocenters. The van der Waals surface area contributed by atoms with Gasteiger partial charge in [0.05, 0.1) is 6.04 Å². The van der Waals surface area contributed by atoms with Gasteiger partial charge in [-0.3, -0.25) is 10.1 Å². The van der Waals surface area contributed by atoms with Crippen LogP contribution in [0.2, 0.25) is 0 Å². The normalized spacial score (nSPS) is 29.3. The van der Waals surface area contributed by atoms with E-state index in [2.05, 4.69) is 5.32 Å². The minimum atomic E-state index is -0.253. The molecule has 0 spiro atoms. The molecule has 114 valence electrons. The summed E-state index contributed by atoms with van der Waals surface area (Å²) in [5.41, 5.74) is 0.835. The fourth-order valence-electron chi connectivity index (χ4n) is 3.13. The van der Waals surface area contributed by atoms with Gasteiger partial charge in [-0.25, -0.2) is 4.39 Å². The number of thioether (sulfide) groups is 1. The lowest BCUT2D eigenvalue weighted by atomic mass is 10.1. The molecule has 1 aromatic rings. The molecule has 0 saturated carbocycles. The molecule has 0 aliphatic carbocycles. The summed E-state index contributed by atoms with van der Waals surface area (Å²) in [5, 5.41) is 3.87. The van der Waals surface area contributed by atoms with Crippen molar-refractivity contribution in [1.29, 1.82) is 0 Å². The Morgan fingerprint density at radius 1 is 1.48 bits per heavy atom. The SMILES string of the molecule is CCC1NC(c2cccc(F)c2)N(CC2CCCS2)C1=O. The Kier molecular flexibility index (Phi) is 4.50. The zero-order chi connectivity index (χ0) is 14.8. The van der Waals surface area contributed by atoms with Crippen molar-refractivity contribution >= 4 is 17.7 Å². The average molecular weight is 308 g/mol. The molecule has 2 aliphatic heterocycles. The van der Waals surface area contributed by atoms with Gasteiger partial charge < -0.3 is 4.90 Å². The van der Waals surface area contributed by atoms with Gasteiger partial charge in [0, 0.05) is 11.8 Å². The molecule has 5 heteroatoms. The van der Waals surface area contributed by atoms with Gasteiger partial charge in [0.15, 0.2) is 0 Å². The van der Waals surface area contributed by atoms with Crippen LogP contribution in [0.1, 0.15) is 37.9 Å². The Hall–Kier alpha value is -1.07. The van der Waals surface area contributed by atoms with Gasteiger partial charge in [0.25, 0.3) is 0 Å². The molecule has 1 aromatic carbocycles. The lowest BCUT2D eigenvalue weighted by Gasteiger charge is -2.27. The van der Waals surface area contributed by atoms with Crippen LogP contribution < -0.4 is 5.32 Å². The van der Waals surface area contributed by atoms with Gasteiger partial charge in [-0.1, -0.05) is 19.1 Å². The monoisotopic (exact) mass is 308 g/mol. The van der Waals surface area contributed by atoms with Crippen molar-refractivity contribution in [3.63, 3.8) is 0 Å². The van der Waals surface area contributed by atoms with Crippen molar-refractivity contribution in [2.75, 3.05) is 12.3 Å². The molecule has 3 nitrogen and oxygen atoms in total. The van der Waals surface area contributed by atoms with E-state index in [9.17, 15) is 9.18 Å². The van der Waals surface area contributed by atoms with E-state index in [1.54, 1.807) is 6.07 Å². The van der Waals surface area contributed by atoms with E-state index < -0.39 is 0 Å². The molecule has 0 aromatic heterocycles. The number of rotatable bonds is 4. The van der Waals surface area contributed by atoms with E-state index in [0.29, 0.717) is 5.25 Å². The summed E-state index contributed by atoms with van der Waals surface area (Å²) >= 11 is 1.94. The fourth-order valence-corrected chi connectivity index (χ4v) is 4.39. The number of halogens is 1. The summed E-state index contributed by atoms with van der Waals surface area (Å²) in [5.74, 6) is 1.08. The smallest absolute Gasteiger partial charge is 0.241 e. The predicted octanol–water partition coefficient (Wildman–Crippen LogP) is 2.93. The van der Waals surface area contributed by atoms with Crippen molar-refractivity contribution in [2.45, 2.75) is 43.6 Å². The van der Waals surface area contributed by atoms with Crippen LogP contribution in [0, 0.1) is 5.82 Å². The molecule has 3 atom stereocenters. The Bertz CT molecular complexity index is 519. The first kappa shape index (κ1) is 14.9. The molecule has 3 rings (SSSR count). The first-order chi connectivity index (χ1) is 10.2. The lowest BCUT2D eigenvalue weighted by molar-refractivity contribution is -0.130. The van der Waals surface area contributed by atoms with Crippen LogP contribution in [0.3, 0.4) is 0 Å². The van der Waals surface area contributed by atoms with Crippen molar-refractivity contribution in [1.82, 2.24) is 10.2 Å². The molecule has 2 heterocycles. The molecule has 2 fully saturated rings. The molecule has 0 radical (unpaired) electrons. The van der Waals surface area contributed by atoms with Crippen LogP contribution in [0.4, 0.5) is 4.39 Å². The maximum absolute atomic E-state index is 13.5. The largest absolute Gasteiger partial charge is 0.320 e. The van der Waals surface area contributed by atoms with Crippen LogP contribution in [-0.2, 0) is 4.79 Å². The topological polar surface area (TPSA) is 32.3 Å². The molecule has 2 aliphatic rings. The summed E-state index contributed by atoms with van der Waals surface area (Å²) in [6.45, 7) is 2.76. The van der Waals surface area contributed by atoms with Crippen LogP contribution in [0.15, 0.2) is 24.3 Å². The summed E-state index contributed by atoms with van der Waals surface area (Å²) < 4.78 is 13.5. The van der Waals surface area contributed by atoms with E-state index in [4.69, 9.17) is 0 Å². The average Bonchev–Trinajstić information content (AvgIpc) is 3.09. The highest BCUT2D eigenvalue weighted by molar-refractivity contribution is 8.00. The first-order valence-corrected chi connectivity index (χ1v) is 8.67. The summed E-state index contributed by atoms with van der Waals surface area (Å²) in [6.07, 6.45) is 2.96. The molecule has 0 bridgehead atoms. The quantitative estimate of drug-likeness (QED) is 0.928. The van der Waals surface area contributed by atoms with E-state index in [1.807, 2.05) is 29.7 Å². The Morgan fingerprint density at radius 2 is 2.33 bits per heavy atom. The summed E-state index contributed by atoms with van der Waals surface area (Å²) in [6, 6.07) is 6.41. The maximum atomic E-state index is 13.5. The third-order valence-corrected chi connectivity index (χ3v) is 5.63. The third kappa shape index (κ3) is 3.09. The number of nitrogens with zero attached hydrogens (tertiary/aromatic N) is 1. The van der Waals surface area contributed by atoms with E-state index >= 15 is 0 Å². The zero-order valence-corrected chi connectivity index (χ0v) is 13.0. The van der Waals surface area contributed by atoms with Gasteiger partial charge in [0.2, 0.25) is 5.91 Å². The standard InChI is InChI=1S/C16H21FN2OS/c1-2-14-16(20)19(10-13-7-4-8-21-13)15(18-14)11-5-3-6-12(17)9-11/h3,5-6,9,13-15,18H,2,4,7-8,10H2,1H3. The highest BCUT2D eigenvalue weighted by atomic mass is 32.2. The van der Waals surface area contributed by atoms with Crippen LogP contribution >= 0.6 is 11.8 Å². The fraction of sp³-hybridized carbons (Fsp3) is 0.562. The number of benzene rings is 1. The Morgan fingerprint density at radius 3 is 3.00 bits per heavy atom. The number of nitrogens with one attached hydrogen (secondary N) is 1. The predicted molar refractivity (Wildman–Crippen MR) is 83.5 cm³/mol. The van der Waals surface area contributed by atoms with Crippen molar-refractivity contribution in [2.24, 2.45) is 0 Å². The Balaban J connectivity index is 1.83. The minimum Gasteiger partial charge on any atom is -0.320 e. The van der Waals surface area contributed by atoms with Gasteiger partial charge in [-0.2, -0.15) is 11.8 Å². The summed E-state index contributed by atoms with van der Waals surface area (Å²) in [4.78, 5) is 14.5.